The van der Waals surface area contributed by atoms with Crippen LogP contribution in [-0.2, 0) is 4.79 Å². The number of hydrogen-bond acceptors (Lipinski definition) is 3. The standard InChI is InChI=1S/C15H21NO2S/c1-3-15(17)16-9-10-19-11-14(16)12-5-7-13(8-6-12)18-4-2/h5-8,14H,3-4,9-11H2,1-2H3. The third-order valence-corrected chi connectivity index (χ3v) is 4.35. The number of amides is 1. The van der Waals surface area contributed by atoms with Crippen molar-refractivity contribution >= 4 is 17.7 Å². The highest BCUT2D eigenvalue weighted by Gasteiger charge is 2.27. The molecule has 0 saturated carbocycles. The maximum absolute atomic E-state index is 12.0. The van der Waals surface area contributed by atoms with Crippen LogP contribution < -0.4 is 4.74 Å². The largest absolute Gasteiger partial charge is 0.494 e. The molecule has 3 nitrogen and oxygen atoms in total. The minimum Gasteiger partial charge on any atom is -0.494 e. The summed E-state index contributed by atoms with van der Waals surface area (Å²) >= 11 is 1.92. The van der Waals surface area contributed by atoms with E-state index >= 15 is 0 Å². The van der Waals surface area contributed by atoms with Crippen LogP contribution in [0.25, 0.3) is 0 Å². The highest BCUT2D eigenvalue weighted by molar-refractivity contribution is 7.99. The molecule has 1 aliphatic heterocycles. The van der Waals surface area contributed by atoms with E-state index in [1.165, 1.54) is 5.56 Å². The first-order chi connectivity index (χ1) is 9.26. The lowest BCUT2D eigenvalue weighted by atomic mass is 10.1. The third kappa shape index (κ3) is 3.44. The number of benzene rings is 1. The fourth-order valence-corrected chi connectivity index (χ4v) is 3.42. The van der Waals surface area contributed by atoms with Crippen molar-refractivity contribution in [3.05, 3.63) is 29.8 Å². The normalized spacial score (nSPS) is 19.3. The van der Waals surface area contributed by atoms with Crippen LogP contribution in [0.3, 0.4) is 0 Å². The van der Waals surface area contributed by atoms with E-state index in [1.807, 2.05) is 42.6 Å². The van der Waals surface area contributed by atoms with Gasteiger partial charge in [-0.25, -0.2) is 0 Å². The Labute approximate surface area is 119 Å². The van der Waals surface area contributed by atoms with Gasteiger partial charge >= 0.3 is 0 Å². The lowest BCUT2D eigenvalue weighted by Gasteiger charge is -2.35. The van der Waals surface area contributed by atoms with E-state index in [1.54, 1.807) is 0 Å². The molecular weight excluding hydrogens is 258 g/mol. The number of rotatable bonds is 4. The van der Waals surface area contributed by atoms with Gasteiger partial charge < -0.3 is 9.64 Å². The van der Waals surface area contributed by atoms with Gasteiger partial charge in [-0.15, -0.1) is 0 Å². The summed E-state index contributed by atoms with van der Waals surface area (Å²) in [5.74, 6) is 3.17. The van der Waals surface area contributed by atoms with E-state index in [9.17, 15) is 4.79 Å². The van der Waals surface area contributed by atoms with Crippen molar-refractivity contribution in [1.82, 2.24) is 4.90 Å². The zero-order valence-corrected chi connectivity index (χ0v) is 12.4. The lowest BCUT2D eigenvalue weighted by molar-refractivity contribution is -0.132. The molecule has 1 aromatic carbocycles. The molecule has 0 N–H and O–H groups in total. The molecule has 0 spiro atoms. The van der Waals surface area contributed by atoms with Crippen LogP contribution in [-0.4, -0.2) is 35.5 Å². The summed E-state index contributed by atoms with van der Waals surface area (Å²) in [6.45, 7) is 5.45. The SMILES string of the molecule is CCOc1ccc(C2CSCCN2C(=O)CC)cc1. The van der Waals surface area contributed by atoms with Gasteiger partial charge in [0.05, 0.1) is 12.6 Å². The monoisotopic (exact) mass is 279 g/mol. The first kappa shape index (κ1) is 14.3. The first-order valence-electron chi connectivity index (χ1n) is 6.86. The average molecular weight is 279 g/mol. The highest BCUT2D eigenvalue weighted by Crippen LogP contribution is 2.30. The van der Waals surface area contributed by atoms with Gasteiger partial charge in [-0.2, -0.15) is 11.8 Å². The number of carbonyl (C=O) groups is 1. The molecular formula is C15H21NO2S. The van der Waals surface area contributed by atoms with Crippen molar-refractivity contribution in [1.29, 1.82) is 0 Å². The van der Waals surface area contributed by atoms with Gasteiger partial charge in [0, 0.05) is 24.5 Å². The summed E-state index contributed by atoms with van der Waals surface area (Å²) < 4.78 is 5.46. The molecule has 1 atom stereocenters. The summed E-state index contributed by atoms with van der Waals surface area (Å²) in [5.41, 5.74) is 1.21. The van der Waals surface area contributed by atoms with Crippen LogP contribution in [0, 0.1) is 0 Å². The maximum atomic E-state index is 12.0. The Hall–Kier alpha value is -1.16. The molecule has 1 amide bonds. The molecule has 1 saturated heterocycles. The topological polar surface area (TPSA) is 29.5 Å². The number of carbonyl (C=O) groups excluding carboxylic acids is 1. The van der Waals surface area contributed by atoms with E-state index in [0.717, 1.165) is 23.8 Å². The Kier molecular flexibility index (Phi) is 5.14. The van der Waals surface area contributed by atoms with Gasteiger partial charge in [0.2, 0.25) is 5.91 Å². The maximum Gasteiger partial charge on any atom is 0.222 e. The molecule has 2 rings (SSSR count). The zero-order chi connectivity index (χ0) is 13.7. The second-order valence-electron chi connectivity index (χ2n) is 4.53. The average Bonchev–Trinajstić information content (AvgIpc) is 2.47. The van der Waals surface area contributed by atoms with Crippen LogP contribution >= 0.6 is 11.8 Å². The summed E-state index contributed by atoms with van der Waals surface area (Å²) in [6, 6.07) is 8.36. The van der Waals surface area contributed by atoms with Crippen LogP contribution in [0.4, 0.5) is 0 Å². The smallest absolute Gasteiger partial charge is 0.222 e. The van der Waals surface area contributed by atoms with E-state index in [0.29, 0.717) is 13.0 Å². The number of ether oxygens (including phenoxy) is 1. The molecule has 0 aliphatic carbocycles. The molecule has 1 unspecified atom stereocenters. The summed E-state index contributed by atoms with van der Waals surface area (Å²) in [4.78, 5) is 14.0. The number of thioether (sulfide) groups is 1. The molecule has 0 bridgehead atoms. The van der Waals surface area contributed by atoms with Gasteiger partial charge in [-0.1, -0.05) is 19.1 Å². The van der Waals surface area contributed by atoms with Crippen molar-refractivity contribution in [2.45, 2.75) is 26.3 Å². The molecule has 1 fully saturated rings. The highest BCUT2D eigenvalue weighted by atomic mass is 32.2. The van der Waals surface area contributed by atoms with Crippen LogP contribution in [0.5, 0.6) is 5.75 Å². The van der Waals surface area contributed by atoms with E-state index in [4.69, 9.17) is 4.74 Å². The fourth-order valence-electron chi connectivity index (χ4n) is 2.33. The fraction of sp³-hybridized carbons (Fsp3) is 0.533. The molecule has 4 heteroatoms. The van der Waals surface area contributed by atoms with Crippen molar-refractivity contribution in [2.75, 3.05) is 24.7 Å². The predicted molar refractivity (Wildman–Crippen MR) is 79.7 cm³/mol. The van der Waals surface area contributed by atoms with E-state index in [2.05, 4.69) is 12.1 Å². The second-order valence-corrected chi connectivity index (χ2v) is 5.68. The van der Waals surface area contributed by atoms with Crippen molar-refractivity contribution < 1.29 is 9.53 Å². The van der Waals surface area contributed by atoms with Crippen LogP contribution in [0.15, 0.2) is 24.3 Å². The van der Waals surface area contributed by atoms with Gasteiger partial charge in [-0.05, 0) is 24.6 Å². The number of hydrogen-bond donors (Lipinski definition) is 0. The molecule has 0 aromatic heterocycles. The number of nitrogens with zero attached hydrogens (tertiary/aromatic N) is 1. The summed E-state index contributed by atoms with van der Waals surface area (Å²) in [6.07, 6.45) is 0.582. The quantitative estimate of drug-likeness (QED) is 0.848. The minimum atomic E-state index is 0.210. The van der Waals surface area contributed by atoms with E-state index in [-0.39, 0.29) is 11.9 Å². The van der Waals surface area contributed by atoms with Gasteiger partial charge in [-0.3, -0.25) is 4.79 Å². The van der Waals surface area contributed by atoms with Gasteiger partial charge in [0.15, 0.2) is 0 Å². The zero-order valence-electron chi connectivity index (χ0n) is 11.6. The Balaban J connectivity index is 2.15. The molecule has 104 valence electrons. The molecule has 1 heterocycles. The predicted octanol–water partition coefficient (Wildman–Crippen LogP) is 3.11. The minimum absolute atomic E-state index is 0.210. The van der Waals surface area contributed by atoms with E-state index < -0.39 is 0 Å². The first-order valence-corrected chi connectivity index (χ1v) is 8.01. The Morgan fingerprint density at radius 3 is 2.74 bits per heavy atom. The molecule has 1 aromatic rings. The lowest BCUT2D eigenvalue weighted by Crippen LogP contribution is -2.40. The van der Waals surface area contributed by atoms with Crippen molar-refractivity contribution in [3.8, 4) is 5.75 Å². The van der Waals surface area contributed by atoms with Crippen LogP contribution in [0.1, 0.15) is 31.9 Å². The second kappa shape index (κ2) is 6.85. The van der Waals surface area contributed by atoms with Gasteiger partial charge in [0.25, 0.3) is 0 Å². The van der Waals surface area contributed by atoms with Crippen molar-refractivity contribution in [2.24, 2.45) is 0 Å². The molecule has 1 aliphatic rings. The Bertz CT molecular complexity index is 419. The Morgan fingerprint density at radius 1 is 1.37 bits per heavy atom. The molecule has 0 radical (unpaired) electrons. The van der Waals surface area contributed by atoms with Crippen molar-refractivity contribution in [3.63, 3.8) is 0 Å². The third-order valence-electron chi connectivity index (χ3n) is 3.33. The summed E-state index contributed by atoms with van der Waals surface area (Å²) in [5, 5.41) is 0. The summed E-state index contributed by atoms with van der Waals surface area (Å²) in [7, 11) is 0. The van der Waals surface area contributed by atoms with Gasteiger partial charge in [0.1, 0.15) is 5.75 Å². The van der Waals surface area contributed by atoms with Crippen LogP contribution in [0.2, 0.25) is 0 Å². The Morgan fingerprint density at radius 2 is 2.11 bits per heavy atom. The molecule has 19 heavy (non-hydrogen) atoms.